The molecule has 0 bridgehead atoms. The Kier molecular flexibility index (Phi) is 6.02. The van der Waals surface area contributed by atoms with E-state index in [1.54, 1.807) is 7.05 Å². The van der Waals surface area contributed by atoms with Gasteiger partial charge in [-0.3, -0.25) is 4.79 Å². The summed E-state index contributed by atoms with van der Waals surface area (Å²) in [4.78, 5) is 24.1. The van der Waals surface area contributed by atoms with E-state index < -0.39 is 28.0 Å². The summed E-state index contributed by atoms with van der Waals surface area (Å²) in [7, 11) is -2.06. The average molecular weight is 369 g/mol. The zero-order valence-electron chi connectivity index (χ0n) is 14.4. The normalized spacial score (nSPS) is 16.4. The molecule has 8 nitrogen and oxygen atoms in total. The molecule has 0 aliphatic carbocycles. The summed E-state index contributed by atoms with van der Waals surface area (Å²) in [6, 6.07) is 1.28. The summed E-state index contributed by atoms with van der Waals surface area (Å²) in [6.45, 7) is 6.16. The Balaban J connectivity index is 2.12. The molecule has 1 aromatic heterocycles. The number of ether oxygens (including phenoxy) is 1. The van der Waals surface area contributed by atoms with E-state index in [1.165, 1.54) is 34.1 Å². The quantitative estimate of drug-likeness (QED) is 0.562. The zero-order valence-corrected chi connectivity index (χ0v) is 15.2. The predicted molar refractivity (Wildman–Crippen MR) is 91.5 cm³/mol. The first-order chi connectivity index (χ1) is 11.8. The minimum Gasteiger partial charge on any atom is -0.448 e. The average Bonchev–Trinajstić information content (AvgIpc) is 3.22. The van der Waals surface area contributed by atoms with Crippen molar-refractivity contribution in [2.45, 2.75) is 30.8 Å². The van der Waals surface area contributed by atoms with Gasteiger partial charge in [-0.1, -0.05) is 6.08 Å². The van der Waals surface area contributed by atoms with E-state index in [0.717, 1.165) is 12.8 Å². The fraction of sp³-hybridized carbons (Fsp3) is 0.500. The molecular formula is C16H23N3O5S. The van der Waals surface area contributed by atoms with Crippen LogP contribution in [0.1, 0.15) is 30.3 Å². The van der Waals surface area contributed by atoms with Crippen LogP contribution in [0.5, 0.6) is 0 Å². The lowest BCUT2D eigenvalue weighted by Crippen LogP contribution is -2.36. The molecule has 1 atom stereocenters. The molecule has 0 spiro atoms. The highest BCUT2D eigenvalue weighted by molar-refractivity contribution is 7.89. The molecule has 1 saturated heterocycles. The highest BCUT2D eigenvalue weighted by Gasteiger charge is 2.30. The maximum absolute atomic E-state index is 12.6. The van der Waals surface area contributed by atoms with Crippen LogP contribution in [-0.2, 0) is 26.6 Å². The summed E-state index contributed by atoms with van der Waals surface area (Å²) in [5.74, 6) is -1.21. The number of carbonyl (C=O) groups is 2. The van der Waals surface area contributed by atoms with Gasteiger partial charge in [-0.2, -0.15) is 4.31 Å². The molecule has 138 valence electrons. The Morgan fingerprint density at radius 2 is 2.04 bits per heavy atom. The maximum Gasteiger partial charge on any atom is 0.355 e. The second-order valence-electron chi connectivity index (χ2n) is 5.86. The summed E-state index contributed by atoms with van der Waals surface area (Å²) in [5.41, 5.74) is 0.0705. The van der Waals surface area contributed by atoms with Crippen LogP contribution in [0, 0.1) is 0 Å². The fourth-order valence-electron chi connectivity index (χ4n) is 2.55. The Labute approximate surface area is 147 Å². The third kappa shape index (κ3) is 4.29. The largest absolute Gasteiger partial charge is 0.448 e. The van der Waals surface area contributed by atoms with Crippen LogP contribution in [0.3, 0.4) is 0 Å². The van der Waals surface area contributed by atoms with Crippen molar-refractivity contribution in [1.29, 1.82) is 0 Å². The lowest BCUT2D eigenvalue weighted by atomic mass is 10.3. The minimum atomic E-state index is -3.62. The van der Waals surface area contributed by atoms with Crippen molar-refractivity contribution in [2.75, 3.05) is 19.6 Å². The van der Waals surface area contributed by atoms with Gasteiger partial charge < -0.3 is 14.6 Å². The zero-order chi connectivity index (χ0) is 18.6. The molecule has 2 heterocycles. The number of nitrogens with one attached hydrogen (secondary N) is 1. The van der Waals surface area contributed by atoms with Crippen molar-refractivity contribution in [1.82, 2.24) is 14.2 Å². The molecule has 1 N–H and O–H groups in total. The number of amides is 1. The van der Waals surface area contributed by atoms with Crippen molar-refractivity contribution in [3.8, 4) is 0 Å². The van der Waals surface area contributed by atoms with E-state index >= 15 is 0 Å². The second-order valence-corrected chi connectivity index (χ2v) is 7.80. The Morgan fingerprint density at radius 1 is 1.40 bits per heavy atom. The monoisotopic (exact) mass is 369 g/mol. The maximum atomic E-state index is 12.6. The molecule has 25 heavy (non-hydrogen) atoms. The van der Waals surface area contributed by atoms with Crippen LogP contribution in [0.25, 0.3) is 0 Å². The van der Waals surface area contributed by atoms with E-state index in [-0.39, 0.29) is 17.1 Å². The van der Waals surface area contributed by atoms with Crippen LogP contribution in [0.2, 0.25) is 0 Å². The van der Waals surface area contributed by atoms with Gasteiger partial charge in [0.15, 0.2) is 6.10 Å². The molecule has 2 rings (SSSR count). The number of aryl methyl sites for hydroxylation is 1. The number of esters is 1. The van der Waals surface area contributed by atoms with E-state index in [2.05, 4.69) is 11.9 Å². The van der Waals surface area contributed by atoms with Crippen LogP contribution < -0.4 is 5.32 Å². The second kappa shape index (κ2) is 7.83. The number of aromatic nitrogens is 1. The summed E-state index contributed by atoms with van der Waals surface area (Å²) in [5, 5.41) is 2.53. The van der Waals surface area contributed by atoms with Gasteiger partial charge in [0.1, 0.15) is 10.6 Å². The van der Waals surface area contributed by atoms with Crippen molar-refractivity contribution in [3.63, 3.8) is 0 Å². The third-order valence-electron chi connectivity index (χ3n) is 3.97. The molecule has 0 radical (unpaired) electrons. The van der Waals surface area contributed by atoms with E-state index in [9.17, 15) is 18.0 Å². The standard InChI is InChI=1S/C16H23N3O5S/c1-4-7-17-15(20)12(2)24-16(21)14-10-13(11-18(14)3)25(22,23)19-8-5-6-9-19/h4,10-12H,1,5-9H2,2-3H3,(H,17,20). The molecule has 0 aromatic carbocycles. The van der Waals surface area contributed by atoms with Gasteiger partial charge in [0.05, 0.1) is 0 Å². The number of hydrogen-bond acceptors (Lipinski definition) is 5. The highest BCUT2D eigenvalue weighted by atomic mass is 32.2. The Hall–Kier alpha value is -2.13. The summed E-state index contributed by atoms with van der Waals surface area (Å²) < 4.78 is 33.0. The fourth-order valence-corrected chi connectivity index (χ4v) is 4.14. The van der Waals surface area contributed by atoms with E-state index in [1.807, 2.05) is 0 Å². The SMILES string of the molecule is C=CCNC(=O)C(C)OC(=O)c1cc(S(=O)(=O)N2CCCC2)cn1C. The van der Waals surface area contributed by atoms with Crippen LogP contribution >= 0.6 is 0 Å². The molecule has 1 aliphatic heterocycles. The third-order valence-corrected chi connectivity index (χ3v) is 5.83. The van der Waals surface area contributed by atoms with Crippen LogP contribution in [0.15, 0.2) is 29.8 Å². The molecule has 1 unspecified atom stereocenters. The minimum absolute atomic E-state index is 0.0487. The molecule has 1 amide bonds. The predicted octanol–water partition coefficient (Wildman–Crippen LogP) is 0.657. The van der Waals surface area contributed by atoms with E-state index in [0.29, 0.717) is 13.1 Å². The van der Waals surface area contributed by atoms with Gasteiger partial charge in [-0.05, 0) is 25.8 Å². The molecule has 1 aliphatic rings. The first-order valence-corrected chi connectivity index (χ1v) is 9.47. The van der Waals surface area contributed by atoms with Gasteiger partial charge >= 0.3 is 5.97 Å². The highest BCUT2D eigenvalue weighted by Crippen LogP contribution is 2.23. The lowest BCUT2D eigenvalue weighted by Gasteiger charge is -2.13. The first kappa shape index (κ1) is 19.2. The van der Waals surface area contributed by atoms with Gasteiger partial charge in [0.2, 0.25) is 10.0 Å². The number of carbonyl (C=O) groups excluding carboxylic acids is 2. The summed E-state index contributed by atoms with van der Waals surface area (Å²) >= 11 is 0. The Bertz CT molecular complexity index is 763. The number of sulfonamides is 1. The van der Waals surface area contributed by atoms with Crippen LogP contribution in [0.4, 0.5) is 0 Å². The van der Waals surface area contributed by atoms with E-state index in [4.69, 9.17) is 4.74 Å². The van der Waals surface area contributed by atoms with Crippen molar-refractivity contribution < 1.29 is 22.7 Å². The smallest absolute Gasteiger partial charge is 0.355 e. The Morgan fingerprint density at radius 3 is 2.64 bits per heavy atom. The number of rotatable bonds is 7. The molecule has 1 aromatic rings. The molecule has 9 heteroatoms. The molecule has 0 saturated carbocycles. The first-order valence-electron chi connectivity index (χ1n) is 8.03. The van der Waals surface area contributed by atoms with Crippen molar-refractivity contribution in [2.24, 2.45) is 7.05 Å². The van der Waals surface area contributed by atoms with Gasteiger partial charge in [-0.25, -0.2) is 13.2 Å². The number of nitrogens with zero attached hydrogens (tertiary/aromatic N) is 2. The van der Waals surface area contributed by atoms with Crippen molar-refractivity contribution in [3.05, 3.63) is 30.6 Å². The van der Waals surface area contributed by atoms with Gasteiger partial charge in [0, 0.05) is 32.9 Å². The van der Waals surface area contributed by atoms with Gasteiger partial charge in [-0.15, -0.1) is 6.58 Å². The lowest BCUT2D eigenvalue weighted by molar-refractivity contribution is -0.128. The molecular weight excluding hydrogens is 346 g/mol. The number of hydrogen-bond donors (Lipinski definition) is 1. The van der Waals surface area contributed by atoms with Gasteiger partial charge in [0.25, 0.3) is 5.91 Å². The molecule has 1 fully saturated rings. The van der Waals surface area contributed by atoms with Crippen LogP contribution in [-0.4, -0.2) is 54.9 Å². The topological polar surface area (TPSA) is 97.7 Å². The summed E-state index contributed by atoms with van der Waals surface area (Å²) in [6.07, 6.45) is 3.56. The van der Waals surface area contributed by atoms with Crippen molar-refractivity contribution >= 4 is 21.9 Å².